The standard InChI is InChI=1S/C18H29N3O2/c1-4-14-6-8-15(9-7-14)16(21(2)3)12-19-17(22)20-13-18(23)10-5-11-18/h6-9,16,23H,4-5,10-13H2,1-3H3,(H2,19,20,22). The Labute approximate surface area is 139 Å². The lowest BCUT2D eigenvalue weighted by atomic mass is 9.80. The fraction of sp³-hybridized carbons (Fsp3) is 0.611. The zero-order valence-electron chi connectivity index (χ0n) is 14.4. The topological polar surface area (TPSA) is 64.6 Å². The minimum absolute atomic E-state index is 0.124. The minimum Gasteiger partial charge on any atom is -0.388 e. The SMILES string of the molecule is CCc1ccc(C(CNC(=O)NCC2(O)CCC2)N(C)C)cc1. The normalized spacial score (nSPS) is 17.4. The number of hydrogen-bond donors (Lipinski definition) is 3. The predicted octanol–water partition coefficient (Wildman–Crippen LogP) is 2.07. The Kier molecular flexibility index (Phi) is 6.02. The van der Waals surface area contributed by atoms with E-state index in [1.54, 1.807) is 0 Å². The number of carbonyl (C=O) groups is 1. The molecule has 2 rings (SSSR count). The van der Waals surface area contributed by atoms with E-state index in [9.17, 15) is 9.90 Å². The molecule has 128 valence electrons. The summed E-state index contributed by atoms with van der Waals surface area (Å²) in [6.07, 6.45) is 3.61. The maximum absolute atomic E-state index is 11.9. The van der Waals surface area contributed by atoms with Crippen molar-refractivity contribution in [1.82, 2.24) is 15.5 Å². The molecule has 1 aromatic carbocycles. The number of aliphatic hydroxyl groups is 1. The van der Waals surface area contributed by atoms with Crippen LogP contribution in [0.25, 0.3) is 0 Å². The lowest BCUT2D eigenvalue weighted by Gasteiger charge is -2.36. The van der Waals surface area contributed by atoms with E-state index in [0.717, 1.165) is 25.7 Å². The Bertz CT molecular complexity index is 510. The molecular weight excluding hydrogens is 290 g/mol. The maximum atomic E-state index is 11.9. The van der Waals surface area contributed by atoms with Crippen molar-refractivity contribution >= 4 is 6.03 Å². The Morgan fingerprint density at radius 3 is 2.39 bits per heavy atom. The second kappa shape index (κ2) is 7.79. The van der Waals surface area contributed by atoms with Crippen molar-refractivity contribution in [3.05, 3.63) is 35.4 Å². The van der Waals surface area contributed by atoms with E-state index >= 15 is 0 Å². The number of benzene rings is 1. The van der Waals surface area contributed by atoms with E-state index < -0.39 is 5.60 Å². The first-order valence-electron chi connectivity index (χ1n) is 8.43. The van der Waals surface area contributed by atoms with Gasteiger partial charge in [0.1, 0.15) is 0 Å². The molecule has 1 fully saturated rings. The average molecular weight is 319 g/mol. The Balaban J connectivity index is 1.85. The van der Waals surface area contributed by atoms with Gasteiger partial charge in [0.2, 0.25) is 0 Å². The predicted molar refractivity (Wildman–Crippen MR) is 92.5 cm³/mol. The van der Waals surface area contributed by atoms with E-state index in [0.29, 0.717) is 13.1 Å². The monoisotopic (exact) mass is 319 g/mol. The van der Waals surface area contributed by atoms with E-state index in [1.807, 2.05) is 14.1 Å². The van der Waals surface area contributed by atoms with Crippen LogP contribution in [0.2, 0.25) is 0 Å². The van der Waals surface area contributed by atoms with Gasteiger partial charge in [0.15, 0.2) is 0 Å². The lowest BCUT2D eigenvalue weighted by Crippen LogP contribution is -2.50. The molecule has 1 unspecified atom stereocenters. The molecule has 3 N–H and O–H groups in total. The second-order valence-corrected chi connectivity index (χ2v) is 6.72. The first-order chi connectivity index (χ1) is 10.9. The maximum Gasteiger partial charge on any atom is 0.314 e. The third-order valence-corrected chi connectivity index (χ3v) is 4.71. The quantitative estimate of drug-likeness (QED) is 0.721. The molecule has 2 amide bonds. The fourth-order valence-corrected chi connectivity index (χ4v) is 2.83. The third kappa shape index (κ3) is 4.94. The Morgan fingerprint density at radius 2 is 1.91 bits per heavy atom. The van der Waals surface area contributed by atoms with Crippen LogP contribution in [-0.2, 0) is 6.42 Å². The van der Waals surface area contributed by atoms with Gasteiger partial charge in [-0.2, -0.15) is 0 Å². The molecule has 0 saturated heterocycles. The largest absolute Gasteiger partial charge is 0.388 e. The van der Waals surface area contributed by atoms with E-state index in [4.69, 9.17) is 0 Å². The van der Waals surface area contributed by atoms with Gasteiger partial charge >= 0.3 is 6.03 Å². The van der Waals surface area contributed by atoms with E-state index in [-0.39, 0.29) is 12.1 Å². The van der Waals surface area contributed by atoms with Crippen LogP contribution in [0.3, 0.4) is 0 Å². The van der Waals surface area contributed by atoms with Crippen molar-refractivity contribution in [2.75, 3.05) is 27.2 Å². The number of likely N-dealkylation sites (N-methyl/N-ethyl adjacent to an activating group) is 1. The van der Waals surface area contributed by atoms with Gasteiger partial charge in [-0.3, -0.25) is 0 Å². The van der Waals surface area contributed by atoms with Gasteiger partial charge in [-0.1, -0.05) is 31.2 Å². The first-order valence-corrected chi connectivity index (χ1v) is 8.43. The Hall–Kier alpha value is -1.59. The van der Waals surface area contributed by atoms with Crippen LogP contribution < -0.4 is 10.6 Å². The van der Waals surface area contributed by atoms with Crippen molar-refractivity contribution in [2.45, 2.75) is 44.2 Å². The van der Waals surface area contributed by atoms with Gasteiger partial charge in [-0.25, -0.2) is 4.79 Å². The smallest absolute Gasteiger partial charge is 0.314 e. The number of nitrogens with zero attached hydrogens (tertiary/aromatic N) is 1. The van der Waals surface area contributed by atoms with Gasteiger partial charge < -0.3 is 20.6 Å². The summed E-state index contributed by atoms with van der Waals surface area (Å²) in [5, 5.41) is 15.7. The summed E-state index contributed by atoms with van der Waals surface area (Å²) < 4.78 is 0. The molecule has 0 radical (unpaired) electrons. The van der Waals surface area contributed by atoms with Crippen molar-refractivity contribution in [3.63, 3.8) is 0 Å². The molecule has 0 spiro atoms. The summed E-state index contributed by atoms with van der Waals surface area (Å²) in [7, 11) is 4.02. The highest BCUT2D eigenvalue weighted by Gasteiger charge is 2.34. The molecule has 1 aromatic rings. The Morgan fingerprint density at radius 1 is 1.26 bits per heavy atom. The van der Waals surface area contributed by atoms with Crippen LogP contribution in [0.1, 0.15) is 43.4 Å². The highest BCUT2D eigenvalue weighted by molar-refractivity contribution is 5.74. The first kappa shape index (κ1) is 17.8. The molecule has 5 heteroatoms. The van der Waals surface area contributed by atoms with Crippen molar-refractivity contribution in [2.24, 2.45) is 0 Å². The summed E-state index contributed by atoms with van der Waals surface area (Å²) >= 11 is 0. The zero-order chi connectivity index (χ0) is 16.9. The molecule has 1 atom stereocenters. The highest BCUT2D eigenvalue weighted by atomic mass is 16.3. The minimum atomic E-state index is -0.686. The number of nitrogens with one attached hydrogen (secondary N) is 2. The lowest BCUT2D eigenvalue weighted by molar-refractivity contribution is -0.0290. The van der Waals surface area contributed by atoms with E-state index in [1.165, 1.54) is 11.1 Å². The number of carbonyl (C=O) groups excluding carboxylic acids is 1. The number of hydrogen-bond acceptors (Lipinski definition) is 3. The molecule has 0 aliphatic heterocycles. The number of aryl methyl sites for hydroxylation is 1. The summed E-state index contributed by atoms with van der Waals surface area (Å²) in [6, 6.07) is 8.43. The van der Waals surface area contributed by atoms with Gasteiger partial charge in [-0.15, -0.1) is 0 Å². The van der Waals surface area contributed by atoms with Crippen molar-refractivity contribution in [3.8, 4) is 0 Å². The molecule has 1 aliphatic carbocycles. The third-order valence-electron chi connectivity index (χ3n) is 4.71. The van der Waals surface area contributed by atoms with Crippen molar-refractivity contribution in [1.29, 1.82) is 0 Å². The van der Waals surface area contributed by atoms with Gasteiger partial charge in [0, 0.05) is 13.1 Å². The van der Waals surface area contributed by atoms with Crippen LogP contribution in [0.4, 0.5) is 4.79 Å². The van der Waals surface area contributed by atoms with Crippen LogP contribution in [0.15, 0.2) is 24.3 Å². The van der Waals surface area contributed by atoms with Gasteiger partial charge in [-0.05, 0) is 50.9 Å². The molecule has 5 nitrogen and oxygen atoms in total. The summed E-state index contributed by atoms with van der Waals surface area (Å²) in [5.41, 5.74) is 1.81. The number of rotatable bonds is 7. The van der Waals surface area contributed by atoms with Crippen LogP contribution in [0, 0.1) is 0 Å². The average Bonchev–Trinajstić information content (AvgIpc) is 2.51. The second-order valence-electron chi connectivity index (χ2n) is 6.72. The molecule has 23 heavy (non-hydrogen) atoms. The highest BCUT2D eigenvalue weighted by Crippen LogP contribution is 2.30. The van der Waals surface area contributed by atoms with Crippen molar-refractivity contribution < 1.29 is 9.90 Å². The number of urea groups is 1. The van der Waals surface area contributed by atoms with Crippen LogP contribution in [-0.4, -0.2) is 48.8 Å². The van der Waals surface area contributed by atoms with Crippen LogP contribution in [0.5, 0.6) is 0 Å². The molecule has 1 saturated carbocycles. The van der Waals surface area contributed by atoms with E-state index in [2.05, 4.69) is 46.7 Å². The van der Waals surface area contributed by atoms with Gasteiger partial charge in [0.25, 0.3) is 0 Å². The summed E-state index contributed by atoms with van der Waals surface area (Å²) in [4.78, 5) is 14.0. The fourth-order valence-electron chi connectivity index (χ4n) is 2.83. The zero-order valence-corrected chi connectivity index (χ0v) is 14.4. The summed E-state index contributed by atoms with van der Waals surface area (Å²) in [6.45, 7) is 3.00. The molecule has 0 bridgehead atoms. The molecule has 0 aromatic heterocycles. The number of amides is 2. The summed E-state index contributed by atoms with van der Waals surface area (Å²) in [5.74, 6) is 0. The van der Waals surface area contributed by atoms with Crippen LogP contribution >= 0.6 is 0 Å². The van der Waals surface area contributed by atoms with Gasteiger partial charge in [0.05, 0.1) is 11.6 Å². The molecule has 0 heterocycles. The molecular formula is C18H29N3O2. The molecule has 1 aliphatic rings.